The number of carbonyl (C=O) groups is 1. The second-order valence-electron chi connectivity index (χ2n) is 7.05. The first-order chi connectivity index (χ1) is 13.8. The van der Waals surface area contributed by atoms with Crippen LogP contribution in [0.1, 0.15) is 24.0 Å². The van der Waals surface area contributed by atoms with Gasteiger partial charge in [-0.25, -0.2) is 18.2 Å². The molecule has 0 bridgehead atoms. The van der Waals surface area contributed by atoms with Crippen molar-refractivity contribution in [2.75, 3.05) is 0 Å². The molecule has 3 aromatic rings. The molecule has 2 unspecified atom stereocenters. The van der Waals surface area contributed by atoms with Crippen molar-refractivity contribution in [2.24, 2.45) is 4.99 Å². The number of benzene rings is 3. The van der Waals surface area contributed by atoms with Gasteiger partial charge < -0.3 is 9.90 Å². The van der Waals surface area contributed by atoms with Crippen LogP contribution in [0.25, 0.3) is 11.1 Å². The van der Waals surface area contributed by atoms with Crippen molar-refractivity contribution in [3.8, 4) is 11.1 Å². The van der Waals surface area contributed by atoms with Gasteiger partial charge >= 0.3 is 29.6 Å². The number of aliphatic imine (C=N–C) groups is 1. The SMILES string of the molecule is CC1(F)C(c2ccc(-c3ccccc3F)cc2)=Nc2ccc(F)cc2C1C(=O)[O-].[Na+]. The Balaban J connectivity index is 0.00000256. The molecule has 4 rings (SSSR count). The number of hydrogen-bond acceptors (Lipinski definition) is 3. The third-order valence-corrected chi connectivity index (χ3v) is 5.12. The largest absolute Gasteiger partial charge is 1.00 e. The quantitative estimate of drug-likeness (QED) is 0.604. The van der Waals surface area contributed by atoms with E-state index < -0.39 is 29.2 Å². The Morgan fingerprint density at radius 2 is 1.63 bits per heavy atom. The molecule has 0 saturated heterocycles. The van der Waals surface area contributed by atoms with Crippen molar-refractivity contribution in [1.29, 1.82) is 0 Å². The minimum atomic E-state index is -2.43. The molecule has 0 spiro atoms. The van der Waals surface area contributed by atoms with Crippen LogP contribution in [0.5, 0.6) is 0 Å². The monoisotopic (exact) mass is 417 g/mol. The summed E-state index contributed by atoms with van der Waals surface area (Å²) in [6, 6.07) is 16.0. The van der Waals surface area contributed by atoms with E-state index in [0.717, 1.165) is 19.1 Å². The second-order valence-corrected chi connectivity index (χ2v) is 7.05. The van der Waals surface area contributed by atoms with Crippen LogP contribution < -0.4 is 34.7 Å². The van der Waals surface area contributed by atoms with Gasteiger partial charge in [0, 0.05) is 5.56 Å². The fraction of sp³-hybridized carbons (Fsp3) is 0.130. The Morgan fingerprint density at radius 1 is 1.00 bits per heavy atom. The van der Waals surface area contributed by atoms with Gasteiger partial charge in [0.15, 0.2) is 5.67 Å². The minimum Gasteiger partial charge on any atom is -0.549 e. The molecule has 146 valence electrons. The normalized spacial score (nSPS) is 20.0. The maximum absolute atomic E-state index is 15.7. The number of carboxylic acid groups (broad SMARTS) is 1. The van der Waals surface area contributed by atoms with Crippen molar-refractivity contribution in [2.45, 2.75) is 18.5 Å². The molecule has 1 aliphatic heterocycles. The summed E-state index contributed by atoms with van der Waals surface area (Å²) in [4.78, 5) is 16.0. The molecule has 3 nitrogen and oxygen atoms in total. The van der Waals surface area contributed by atoms with E-state index in [1.54, 1.807) is 42.5 Å². The third-order valence-electron chi connectivity index (χ3n) is 5.12. The van der Waals surface area contributed by atoms with Gasteiger partial charge in [-0.3, -0.25) is 0 Å². The van der Waals surface area contributed by atoms with Crippen LogP contribution in [-0.4, -0.2) is 17.3 Å². The third kappa shape index (κ3) is 3.83. The molecular formula is C23H15F3NNaO2. The molecule has 0 amide bonds. The molecule has 3 aromatic carbocycles. The number of halogens is 3. The first-order valence-corrected chi connectivity index (χ1v) is 8.93. The molecule has 0 aliphatic carbocycles. The zero-order chi connectivity index (χ0) is 20.8. The number of carbonyl (C=O) groups excluding carboxylic acids is 1. The van der Waals surface area contributed by atoms with Crippen LogP contribution >= 0.6 is 0 Å². The fourth-order valence-electron chi connectivity index (χ4n) is 3.71. The number of fused-ring (bicyclic) bond motifs is 1. The number of alkyl halides is 1. The van der Waals surface area contributed by atoms with Crippen LogP contribution in [0.2, 0.25) is 0 Å². The molecule has 1 heterocycles. The van der Waals surface area contributed by atoms with Crippen LogP contribution in [0.15, 0.2) is 71.7 Å². The fourth-order valence-corrected chi connectivity index (χ4v) is 3.71. The number of rotatable bonds is 3. The van der Waals surface area contributed by atoms with E-state index in [9.17, 15) is 18.7 Å². The topological polar surface area (TPSA) is 52.5 Å². The van der Waals surface area contributed by atoms with Crippen molar-refractivity contribution in [3.63, 3.8) is 0 Å². The van der Waals surface area contributed by atoms with Gasteiger partial charge in [-0.2, -0.15) is 0 Å². The van der Waals surface area contributed by atoms with Crippen LogP contribution in [0, 0.1) is 11.6 Å². The molecule has 1 aliphatic rings. The molecule has 7 heteroatoms. The number of nitrogens with zero attached hydrogens (tertiary/aromatic N) is 1. The Morgan fingerprint density at radius 3 is 2.27 bits per heavy atom. The minimum absolute atomic E-state index is 0. The van der Waals surface area contributed by atoms with E-state index in [-0.39, 0.29) is 46.5 Å². The Hall–Kier alpha value is -2.41. The van der Waals surface area contributed by atoms with Gasteiger partial charge in [0.1, 0.15) is 11.6 Å². The molecule has 30 heavy (non-hydrogen) atoms. The maximum Gasteiger partial charge on any atom is 1.00 e. The summed E-state index contributed by atoms with van der Waals surface area (Å²) >= 11 is 0. The summed E-state index contributed by atoms with van der Waals surface area (Å²) in [6.07, 6.45) is 0. The standard InChI is InChI=1S/C23H16F3NO2.Na/c1-23(26)20(22(28)29)17-12-15(24)10-11-19(17)27-21(23)14-8-6-13(7-9-14)16-4-2-3-5-18(16)25;/h2-12,20H,1H3,(H,28,29);/q;+1/p-1. The van der Waals surface area contributed by atoms with Gasteiger partial charge in [0.2, 0.25) is 0 Å². The van der Waals surface area contributed by atoms with Crippen LogP contribution in [0.4, 0.5) is 18.9 Å². The van der Waals surface area contributed by atoms with Crippen molar-refractivity contribution in [1.82, 2.24) is 0 Å². The van der Waals surface area contributed by atoms with Crippen molar-refractivity contribution >= 4 is 17.4 Å². The van der Waals surface area contributed by atoms with Crippen LogP contribution in [-0.2, 0) is 4.79 Å². The molecule has 0 fully saturated rings. The Bertz CT molecular complexity index is 1140. The summed E-state index contributed by atoms with van der Waals surface area (Å²) in [5, 5.41) is 11.7. The predicted molar refractivity (Wildman–Crippen MR) is 102 cm³/mol. The van der Waals surface area contributed by atoms with E-state index in [4.69, 9.17) is 0 Å². The molecule has 0 saturated carbocycles. The number of carboxylic acids is 1. The summed E-state index contributed by atoms with van der Waals surface area (Å²) in [6.45, 7) is 1.09. The van der Waals surface area contributed by atoms with E-state index in [0.29, 0.717) is 16.7 Å². The van der Waals surface area contributed by atoms with E-state index in [2.05, 4.69) is 4.99 Å². The first kappa shape index (κ1) is 22.3. The van der Waals surface area contributed by atoms with E-state index in [1.807, 2.05) is 0 Å². The number of hydrogen-bond donors (Lipinski definition) is 0. The molecule has 0 radical (unpaired) electrons. The summed E-state index contributed by atoms with van der Waals surface area (Å²) < 4.78 is 43.3. The molecule has 0 aromatic heterocycles. The summed E-state index contributed by atoms with van der Waals surface area (Å²) in [5.74, 6) is -4.44. The number of aliphatic carboxylic acids is 1. The smallest absolute Gasteiger partial charge is 0.549 e. The van der Waals surface area contributed by atoms with E-state index >= 15 is 4.39 Å². The van der Waals surface area contributed by atoms with E-state index in [1.165, 1.54) is 12.1 Å². The van der Waals surface area contributed by atoms with Crippen molar-refractivity contribution in [3.05, 3.63) is 89.5 Å². The summed E-state index contributed by atoms with van der Waals surface area (Å²) in [7, 11) is 0. The van der Waals surface area contributed by atoms with Gasteiger partial charge in [-0.1, -0.05) is 42.5 Å². The Labute approximate surface area is 193 Å². The van der Waals surface area contributed by atoms with Crippen molar-refractivity contribution < 1.29 is 52.6 Å². The van der Waals surface area contributed by atoms with Gasteiger partial charge in [0.05, 0.1) is 23.3 Å². The van der Waals surface area contributed by atoms with Gasteiger partial charge in [-0.15, -0.1) is 0 Å². The zero-order valence-electron chi connectivity index (χ0n) is 16.3. The van der Waals surface area contributed by atoms with Crippen LogP contribution in [0.3, 0.4) is 0 Å². The molecule has 0 N–H and O–H groups in total. The zero-order valence-corrected chi connectivity index (χ0v) is 18.3. The van der Waals surface area contributed by atoms with Gasteiger partial charge in [0.25, 0.3) is 0 Å². The maximum atomic E-state index is 15.7. The molecular weight excluding hydrogens is 402 g/mol. The first-order valence-electron chi connectivity index (χ1n) is 8.93. The Kier molecular flexibility index (Phi) is 6.22. The molecule has 2 atom stereocenters. The van der Waals surface area contributed by atoms with Gasteiger partial charge in [-0.05, 0) is 47.9 Å². The average Bonchev–Trinajstić information content (AvgIpc) is 2.67. The predicted octanol–water partition coefficient (Wildman–Crippen LogP) is 1.33. The second kappa shape index (κ2) is 8.38. The average molecular weight is 417 g/mol. The summed E-state index contributed by atoms with van der Waals surface area (Å²) in [5.41, 5.74) is -1.12.